The van der Waals surface area contributed by atoms with Crippen molar-refractivity contribution in [2.75, 3.05) is 26.3 Å². The van der Waals surface area contributed by atoms with Crippen LogP contribution in [0.15, 0.2) is 84.4 Å². The van der Waals surface area contributed by atoms with Crippen LogP contribution in [0, 0.1) is 5.92 Å². The maximum absolute atomic E-state index is 12.7. The van der Waals surface area contributed by atoms with E-state index in [9.17, 15) is 9.50 Å². The van der Waals surface area contributed by atoms with Gasteiger partial charge in [-0.2, -0.15) is 0 Å². The van der Waals surface area contributed by atoms with Gasteiger partial charge in [0.15, 0.2) is 0 Å². The highest BCUT2D eigenvalue weighted by Crippen LogP contribution is 2.34. The lowest BCUT2D eigenvalue weighted by Crippen LogP contribution is -2.49. The number of fused-ring (bicyclic) bond motifs is 1. The molecule has 3 aliphatic rings. The number of rotatable bonds is 9. The molecule has 5 heteroatoms. The van der Waals surface area contributed by atoms with Gasteiger partial charge in [0.25, 0.3) is 0 Å². The number of phenols is 1. The third-order valence-electron chi connectivity index (χ3n) is 7.24. The van der Waals surface area contributed by atoms with Gasteiger partial charge in [0.05, 0.1) is 6.67 Å². The quantitative estimate of drug-likeness (QED) is 0.547. The van der Waals surface area contributed by atoms with Crippen LogP contribution in [0.3, 0.4) is 0 Å². The largest absolute Gasteiger partial charge is 0.508 e. The highest BCUT2D eigenvalue weighted by Gasteiger charge is 2.30. The van der Waals surface area contributed by atoms with Gasteiger partial charge in [-0.05, 0) is 65.8 Å². The van der Waals surface area contributed by atoms with Gasteiger partial charge in [0, 0.05) is 49.6 Å². The summed E-state index contributed by atoms with van der Waals surface area (Å²) in [6.07, 6.45) is 12.0. The van der Waals surface area contributed by atoms with E-state index in [4.69, 9.17) is 0 Å². The van der Waals surface area contributed by atoms with E-state index in [1.165, 1.54) is 28.0 Å². The Morgan fingerprint density at radius 2 is 1.94 bits per heavy atom. The molecule has 1 saturated heterocycles. The number of phenolic OH excluding ortho intramolecular Hbond substituents is 1. The Bertz CT molecular complexity index is 1090. The van der Waals surface area contributed by atoms with Crippen LogP contribution in [-0.2, 0) is 12.8 Å². The lowest BCUT2D eigenvalue weighted by atomic mass is 9.86. The lowest BCUT2D eigenvalue weighted by Gasteiger charge is -2.37. The second-order valence-electron chi connectivity index (χ2n) is 9.83. The number of nitrogens with zero attached hydrogens (tertiary/aromatic N) is 2. The minimum absolute atomic E-state index is 0.120. The Morgan fingerprint density at radius 3 is 2.74 bits per heavy atom. The van der Waals surface area contributed by atoms with Gasteiger partial charge in [-0.15, -0.1) is 0 Å². The summed E-state index contributed by atoms with van der Waals surface area (Å²) < 4.78 is 12.7. The Balaban J connectivity index is 1.23. The summed E-state index contributed by atoms with van der Waals surface area (Å²) in [7, 11) is 0. The number of hydrogen-bond acceptors (Lipinski definition) is 4. The minimum Gasteiger partial charge on any atom is -0.508 e. The first-order valence-electron chi connectivity index (χ1n) is 12.4. The van der Waals surface area contributed by atoms with Gasteiger partial charge in [-0.25, -0.2) is 0 Å². The normalized spacial score (nSPS) is 20.9. The molecule has 0 radical (unpaired) electrons. The average molecular weight is 460 g/mol. The number of hydrogen-bond donors (Lipinski definition) is 2. The van der Waals surface area contributed by atoms with E-state index in [0.717, 1.165) is 38.9 Å². The zero-order valence-electron chi connectivity index (χ0n) is 19.8. The van der Waals surface area contributed by atoms with Crippen molar-refractivity contribution in [1.29, 1.82) is 0 Å². The Kier molecular flexibility index (Phi) is 6.73. The molecule has 2 aromatic rings. The molecule has 2 aromatic carbocycles. The van der Waals surface area contributed by atoms with Crippen LogP contribution in [0.1, 0.15) is 36.0 Å². The van der Waals surface area contributed by atoms with Crippen LogP contribution >= 0.6 is 0 Å². The highest BCUT2D eigenvalue weighted by atomic mass is 19.1. The van der Waals surface area contributed by atoms with E-state index in [1.807, 2.05) is 6.07 Å². The topological polar surface area (TPSA) is 38.7 Å². The lowest BCUT2D eigenvalue weighted by molar-refractivity contribution is 0.0896. The maximum atomic E-state index is 12.7. The SMILES string of the molecule is CC(C1=CC2NC(CN3CC(CF)C3)=CN2C=C1)c1ccc(O)cc1CCCc1ccccc1. The zero-order chi connectivity index (χ0) is 23.5. The Hall–Kier alpha value is -3.05. The minimum atomic E-state index is -0.212. The predicted octanol–water partition coefficient (Wildman–Crippen LogP) is 5.10. The molecule has 4 nitrogen and oxygen atoms in total. The van der Waals surface area contributed by atoms with Crippen LogP contribution in [0.2, 0.25) is 0 Å². The summed E-state index contributed by atoms with van der Waals surface area (Å²) in [5, 5.41) is 13.8. The van der Waals surface area contributed by atoms with E-state index >= 15 is 0 Å². The predicted molar refractivity (Wildman–Crippen MR) is 135 cm³/mol. The van der Waals surface area contributed by atoms with Crippen molar-refractivity contribution < 1.29 is 9.50 Å². The second-order valence-corrected chi connectivity index (χ2v) is 9.83. The van der Waals surface area contributed by atoms with Crippen LogP contribution in [0.5, 0.6) is 5.75 Å². The molecule has 0 amide bonds. The van der Waals surface area contributed by atoms with Crippen molar-refractivity contribution in [1.82, 2.24) is 15.1 Å². The van der Waals surface area contributed by atoms with E-state index in [1.54, 1.807) is 6.07 Å². The molecule has 0 aromatic heterocycles. The van der Waals surface area contributed by atoms with Gasteiger partial charge in [0.2, 0.25) is 0 Å². The van der Waals surface area contributed by atoms with Crippen molar-refractivity contribution in [2.45, 2.75) is 38.3 Å². The van der Waals surface area contributed by atoms with Crippen molar-refractivity contribution in [3.63, 3.8) is 0 Å². The zero-order valence-corrected chi connectivity index (χ0v) is 19.8. The highest BCUT2D eigenvalue weighted by molar-refractivity contribution is 5.44. The second kappa shape index (κ2) is 10.1. The fraction of sp³-hybridized carbons (Fsp3) is 0.379. The Labute approximate surface area is 202 Å². The van der Waals surface area contributed by atoms with Gasteiger partial charge in [-0.1, -0.05) is 43.3 Å². The summed E-state index contributed by atoms with van der Waals surface area (Å²) in [4.78, 5) is 4.49. The summed E-state index contributed by atoms with van der Waals surface area (Å²) >= 11 is 0. The maximum Gasteiger partial charge on any atom is 0.122 e. The number of nitrogens with one attached hydrogen (secondary N) is 1. The monoisotopic (exact) mass is 459 g/mol. The first-order valence-corrected chi connectivity index (χ1v) is 12.4. The number of alkyl halides is 1. The Morgan fingerprint density at radius 1 is 1.12 bits per heavy atom. The molecule has 2 unspecified atom stereocenters. The molecule has 5 rings (SSSR count). The number of aromatic hydroxyl groups is 1. The smallest absolute Gasteiger partial charge is 0.122 e. The number of allylic oxidation sites excluding steroid dienone is 2. The van der Waals surface area contributed by atoms with Crippen molar-refractivity contribution in [3.05, 3.63) is 101 Å². The molecule has 1 fully saturated rings. The van der Waals surface area contributed by atoms with Crippen LogP contribution in [0.25, 0.3) is 0 Å². The molecule has 0 aliphatic carbocycles. The molecule has 0 bridgehead atoms. The molecule has 3 heterocycles. The third-order valence-corrected chi connectivity index (χ3v) is 7.24. The summed E-state index contributed by atoms with van der Waals surface area (Å²) in [5.74, 6) is 0.776. The molecule has 2 atom stereocenters. The summed E-state index contributed by atoms with van der Waals surface area (Å²) in [5.41, 5.74) is 6.31. The number of benzene rings is 2. The standard InChI is InChI=1S/C29H34FN3O/c1-21(28-11-10-27(34)14-25(28)9-5-8-22-6-3-2-4-7-22)24-12-13-33-20-26(31-29(33)15-24)19-32-17-23(16-30)18-32/h2-4,6-7,10-15,20-21,23,29,31,34H,5,8-9,16-19H2,1H3. The van der Waals surface area contributed by atoms with E-state index in [-0.39, 0.29) is 24.7 Å². The van der Waals surface area contributed by atoms with Crippen LogP contribution in [-0.4, -0.2) is 47.4 Å². The summed E-state index contributed by atoms with van der Waals surface area (Å²) in [6, 6.07) is 16.4. The average Bonchev–Trinajstić information content (AvgIpc) is 3.23. The molecule has 2 N–H and O–H groups in total. The number of halogens is 1. The van der Waals surface area contributed by atoms with E-state index in [0.29, 0.717) is 5.75 Å². The summed E-state index contributed by atoms with van der Waals surface area (Å²) in [6.45, 7) is 4.58. The fourth-order valence-electron chi connectivity index (χ4n) is 5.29. The third kappa shape index (κ3) is 5.05. The molecular weight excluding hydrogens is 425 g/mol. The van der Waals surface area contributed by atoms with Gasteiger partial charge in [0.1, 0.15) is 11.9 Å². The molecular formula is C29H34FN3O. The molecule has 178 valence electrons. The first-order chi connectivity index (χ1) is 16.6. The van der Waals surface area contributed by atoms with E-state index in [2.05, 4.69) is 83.0 Å². The van der Waals surface area contributed by atoms with Crippen molar-refractivity contribution >= 4 is 0 Å². The van der Waals surface area contributed by atoms with E-state index < -0.39 is 0 Å². The molecule has 0 spiro atoms. The van der Waals surface area contributed by atoms with Crippen molar-refractivity contribution in [2.24, 2.45) is 5.92 Å². The molecule has 3 aliphatic heterocycles. The van der Waals surface area contributed by atoms with Gasteiger partial charge < -0.3 is 15.3 Å². The number of aryl methyl sites for hydroxylation is 2. The van der Waals surface area contributed by atoms with Crippen LogP contribution in [0.4, 0.5) is 4.39 Å². The van der Waals surface area contributed by atoms with Crippen LogP contribution < -0.4 is 5.32 Å². The molecule has 34 heavy (non-hydrogen) atoms. The number of likely N-dealkylation sites (tertiary alicyclic amines) is 1. The van der Waals surface area contributed by atoms with Crippen molar-refractivity contribution in [3.8, 4) is 5.75 Å². The van der Waals surface area contributed by atoms with Gasteiger partial charge >= 0.3 is 0 Å². The first kappa shape index (κ1) is 22.7. The molecule has 0 saturated carbocycles. The van der Waals surface area contributed by atoms with Gasteiger partial charge in [-0.3, -0.25) is 9.29 Å². The fourth-order valence-corrected chi connectivity index (χ4v) is 5.29.